The molecule has 0 aliphatic heterocycles. The van der Waals surface area contributed by atoms with Crippen LogP contribution in [-0.4, -0.2) is 25.0 Å². The molecule has 1 aliphatic carbocycles. The molecule has 0 unspecified atom stereocenters. The van der Waals surface area contributed by atoms with Crippen LogP contribution in [-0.2, 0) is 6.54 Å². The molecule has 0 spiro atoms. The lowest BCUT2D eigenvalue weighted by atomic mass is 9.82. The molecule has 2 N–H and O–H groups in total. The predicted molar refractivity (Wildman–Crippen MR) is 82.9 cm³/mol. The van der Waals surface area contributed by atoms with Crippen molar-refractivity contribution >= 4 is 27.3 Å². The first-order valence-electron chi connectivity index (χ1n) is 6.79. The summed E-state index contributed by atoms with van der Waals surface area (Å²) in [6.45, 7) is 3.18. The molecule has 0 radical (unpaired) electrons. The number of hydrogen-bond donors (Lipinski definition) is 1. The maximum Gasteiger partial charge on any atom is 0.0701 e. The summed E-state index contributed by atoms with van der Waals surface area (Å²) >= 11 is 5.30. The van der Waals surface area contributed by atoms with Gasteiger partial charge in [0.25, 0.3) is 0 Å². The minimum atomic E-state index is 0.791. The van der Waals surface area contributed by atoms with E-state index < -0.39 is 0 Å². The highest BCUT2D eigenvalue weighted by atomic mass is 79.9. The Morgan fingerprint density at radius 1 is 1.33 bits per heavy atom. The van der Waals surface area contributed by atoms with Gasteiger partial charge in [-0.15, -0.1) is 11.3 Å². The third-order valence-electron chi connectivity index (χ3n) is 3.94. The van der Waals surface area contributed by atoms with Crippen LogP contribution in [0.2, 0.25) is 0 Å². The average Bonchev–Trinajstić information content (AvgIpc) is 2.75. The van der Waals surface area contributed by atoms with E-state index in [4.69, 9.17) is 5.73 Å². The molecule has 18 heavy (non-hydrogen) atoms. The van der Waals surface area contributed by atoms with Crippen LogP contribution in [0.15, 0.2) is 15.2 Å². The highest BCUT2D eigenvalue weighted by Gasteiger charge is 2.21. The zero-order chi connectivity index (χ0) is 13.0. The largest absolute Gasteiger partial charge is 0.330 e. The van der Waals surface area contributed by atoms with Gasteiger partial charge < -0.3 is 10.6 Å². The van der Waals surface area contributed by atoms with Gasteiger partial charge in [-0.25, -0.2) is 0 Å². The van der Waals surface area contributed by atoms with E-state index in [2.05, 4.69) is 39.3 Å². The van der Waals surface area contributed by atoms with Crippen LogP contribution < -0.4 is 5.73 Å². The first-order valence-corrected chi connectivity index (χ1v) is 8.46. The van der Waals surface area contributed by atoms with E-state index in [1.807, 2.05) is 0 Å². The molecular formula is C14H23BrN2S. The van der Waals surface area contributed by atoms with Crippen LogP contribution in [0.25, 0.3) is 0 Å². The molecule has 2 nitrogen and oxygen atoms in total. The lowest BCUT2D eigenvalue weighted by Gasteiger charge is -2.30. The molecule has 1 aromatic rings. The third kappa shape index (κ3) is 4.34. The second kappa shape index (κ2) is 7.04. The van der Waals surface area contributed by atoms with Gasteiger partial charge in [0.2, 0.25) is 0 Å². The van der Waals surface area contributed by atoms with Crippen LogP contribution in [0.1, 0.15) is 31.2 Å². The monoisotopic (exact) mass is 330 g/mol. The van der Waals surface area contributed by atoms with Gasteiger partial charge in [0.1, 0.15) is 0 Å². The number of rotatable bonds is 5. The first kappa shape index (κ1) is 14.5. The van der Waals surface area contributed by atoms with Crippen LogP contribution in [0.3, 0.4) is 0 Å². The van der Waals surface area contributed by atoms with E-state index >= 15 is 0 Å². The Morgan fingerprint density at radius 2 is 2.00 bits per heavy atom. The topological polar surface area (TPSA) is 29.3 Å². The molecule has 1 saturated carbocycles. The summed E-state index contributed by atoms with van der Waals surface area (Å²) in [6, 6.07) is 2.23. The van der Waals surface area contributed by atoms with Crippen molar-refractivity contribution in [1.29, 1.82) is 0 Å². The zero-order valence-corrected chi connectivity index (χ0v) is 13.5. The van der Waals surface area contributed by atoms with Gasteiger partial charge in [0.05, 0.1) is 3.79 Å². The van der Waals surface area contributed by atoms with E-state index in [1.165, 1.54) is 41.6 Å². The quantitative estimate of drug-likeness (QED) is 0.891. The average molecular weight is 331 g/mol. The molecular weight excluding hydrogens is 308 g/mol. The Balaban J connectivity index is 1.73. The Bertz CT molecular complexity index is 358. The Hall–Kier alpha value is 0.1000. The molecule has 102 valence electrons. The van der Waals surface area contributed by atoms with Crippen molar-refractivity contribution in [3.63, 3.8) is 0 Å². The predicted octanol–water partition coefficient (Wildman–Crippen LogP) is 3.71. The molecule has 1 aliphatic rings. The summed E-state index contributed by atoms with van der Waals surface area (Å²) in [4.78, 5) is 2.46. The Kier molecular flexibility index (Phi) is 5.67. The molecule has 1 heterocycles. The molecule has 2 rings (SSSR count). The number of nitrogens with zero attached hydrogens (tertiary/aromatic N) is 1. The molecule has 0 atom stereocenters. The van der Waals surface area contributed by atoms with Crippen molar-refractivity contribution in [3.8, 4) is 0 Å². The van der Waals surface area contributed by atoms with Crippen molar-refractivity contribution in [3.05, 3.63) is 20.8 Å². The van der Waals surface area contributed by atoms with Crippen LogP contribution in [0, 0.1) is 11.8 Å². The maximum atomic E-state index is 5.74. The van der Waals surface area contributed by atoms with Crippen molar-refractivity contribution < 1.29 is 0 Å². The standard InChI is InChI=1S/C14H23BrN2S/c1-17(9-13-6-14(15)18-10-13)8-12-4-2-11(7-16)3-5-12/h6,10-12H,2-5,7-9,16H2,1H3. The smallest absolute Gasteiger partial charge is 0.0701 e. The second-order valence-electron chi connectivity index (χ2n) is 5.58. The van der Waals surface area contributed by atoms with E-state index in [9.17, 15) is 0 Å². The summed E-state index contributed by atoms with van der Waals surface area (Å²) < 4.78 is 1.23. The van der Waals surface area contributed by atoms with Gasteiger partial charge in [0, 0.05) is 13.1 Å². The Labute approximate surface area is 123 Å². The summed E-state index contributed by atoms with van der Waals surface area (Å²) in [6.07, 6.45) is 5.39. The summed E-state index contributed by atoms with van der Waals surface area (Å²) in [5, 5.41) is 2.24. The molecule has 0 bridgehead atoms. The number of halogens is 1. The third-order valence-corrected chi connectivity index (χ3v) is 5.50. The minimum Gasteiger partial charge on any atom is -0.330 e. The summed E-state index contributed by atoms with van der Waals surface area (Å²) in [5.74, 6) is 1.67. The van der Waals surface area contributed by atoms with Gasteiger partial charge in [0.15, 0.2) is 0 Å². The van der Waals surface area contributed by atoms with Crippen molar-refractivity contribution in [2.75, 3.05) is 20.1 Å². The Morgan fingerprint density at radius 3 is 2.56 bits per heavy atom. The van der Waals surface area contributed by atoms with Crippen LogP contribution >= 0.6 is 27.3 Å². The van der Waals surface area contributed by atoms with Crippen molar-refractivity contribution in [1.82, 2.24) is 4.90 Å². The highest BCUT2D eigenvalue weighted by molar-refractivity contribution is 9.11. The van der Waals surface area contributed by atoms with Gasteiger partial charge in [-0.05, 0) is 84.1 Å². The summed E-state index contributed by atoms with van der Waals surface area (Å²) in [5.41, 5.74) is 7.16. The zero-order valence-electron chi connectivity index (χ0n) is 11.1. The van der Waals surface area contributed by atoms with Gasteiger partial charge in [-0.2, -0.15) is 0 Å². The van der Waals surface area contributed by atoms with E-state index in [0.29, 0.717) is 0 Å². The lowest BCUT2D eigenvalue weighted by Crippen LogP contribution is -2.29. The van der Waals surface area contributed by atoms with Gasteiger partial charge in [-0.3, -0.25) is 0 Å². The SMILES string of the molecule is CN(Cc1csc(Br)c1)CC1CCC(CN)CC1. The maximum absolute atomic E-state index is 5.74. The molecule has 1 fully saturated rings. The van der Waals surface area contributed by atoms with Crippen LogP contribution in [0.5, 0.6) is 0 Å². The molecule has 0 saturated heterocycles. The van der Waals surface area contributed by atoms with Gasteiger partial charge >= 0.3 is 0 Å². The normalized spacial score (nSPS) is 24.7. The number of nitrogens with two attached hydrogens (primary N) is 1. The fourth-order valence-corrected chi connectivity index (χ4v) is 4.10. The second-order valence-corrected chi connectivity index (χ2v) is 7.87. The first-order chi connectivity index (χ1) is 8.67. The fraction of sp³-hybridized carbons (Fsp3) is 0.714. The molecule has 1 aromatic heterocycles. The number of hydrogen-bond acceptors (Lipinski definition) is 3. The fourth-order valence-electron chi connectivity index (χ4n) is 2.90. The van der Waals surface area contributed by atoms with Crippen molar-refractivity contribution in [2.24, 2.45) is 17.6 Å². The van der Waals surface area contributed by atoms with E-state index in [0.717, 1.165) is 24.9 Å². The lowest BCUT2D eigenvalue weighted by molar-refractivity contribution is 0.201. The van der Waals surface area contributed by atoms with Gasteiger partial charge in [-0.1, -0.05) is 0 Å². The molecule has 0 amide bonds. The summed E-state index contributed by atoms with van der Waals surface area (Å²) in [7, 11) is 2.24. The van der Waals surface area contributed by atoms with Crippen LogP contribution in [0.4, 0.5) is 0 Å². The molecule has 0 aromatic carbocycles. The van der Waals surface area contributed by atoms with Crippen molar-refractivity contribution in [2.45, 2.75) is 32.2 Å². The highest BCUT2D eigenvalue weighted by Crippen LogP contribution is 2.29. The number of thiophene rings is 1. The minimum absolute atomic E-state index is 0.791. The van der Waals surface area contributed by atoms with E-state index in [1.54, 1.807) is 11.3 Å². The van der Waals surface area contributed by atoms with E-state index in [-0.39, 0.29) is 0 Å². The molecule has 4 heteroatoms.